The molecule has 2 aromatic rings. The maximum Gasteiger partial charge on any atom is 0.192 e. The van der Waals surface area contributed by atoms with Crippen LogP contribution in [0.3, 0.4) is 0 Å². The number of rotatable bonds is 11. The summed E-state index contributed by atoms with van der Waals surface area (Å²) >= 11 is 0. The molecule has 2 aromatic carbocycles. The molecule has 1 N–H and O–H groups in total. The van der Waals surface area contributed by atoms with Crippen molar-refractivity contribution in [3.05, 3.63) is 71.8 Å². The van der Waals surface area contributed by atoms with Gasteiger partial charge in [0.25, 0.3) is 0 Å². The van der Waals surface area contributed by atoms with Crippen molar-refractivity contribution in [1.82, 2.24) is 0 Å². The van der Waals surface area contributed by atoms with Gasteiger partial charge in [0.2, 0.25) is 0 Å². The number of aliphatic hydroxyl groups is 1. The van der Waals surface area contributed by atoms with E-state index in [-0.39, 0.29) is 37.1 Å². The van der Waals surface area contributed by atoms with Crippen molar-refractivity contribution in [3.63, 3.8) is 0 Å². The monoisotopic (exact) mass is 514 g/mol. The summed E-state index contributed by atoms with van der Waals surface area (Å²) in [5, 5.41) is 9.88. The van der Waals surface area contributed by atoms with Gasteiger partial charge in [0.1, 0.15) is 12.2 Å². The van der Waals surface area contributed by atoms with Crippen LogP contribution in [0.2, 0.25) is 18.1 Å². The highest BCUT2D eigenvalue weighted by Crippen LogP contribution is 2.38. The van der Waals surface area contributed by atoms with Crippen LogP contribution in [-0.4, -0.2) is 57.2 Å². The number of ether oxygens (including phenoxy) is 4. The van der Waals surface area contributed by atoms with Crippen LogP contribution < -0.4 is 0 Å². The summed E-state index contributed by atoms with van der Waals surface area (Å²) in [4.78, 5) is 0. The van der Waals surface area contributed by atoms with Crippen molar-refractivity contribution in [3.8, 4) is 0 Å². The Balaban J connectivity index is 1.61. The third kappa shape index (κ3) is 6.64. The van der Waals surface area contributed by atoms with Gasteiger partial charge in [0, 0.05) is 18.6 Å². The molecule has 0 aliphatic carbocycles. The zero-order chi connectivity index (χ0) is 25.4. The van der Waals surface area contributed by atoms with Crippen molar-refractivity contribution in [1.29, 1.82) is 0 Å². The normalized spacial score (nSPS) is 28.9. The van der Waals surface area contributed by atoms with Crippen LogP contribution in [0.5, 0.6) is 0 Å². The molecular weight excluding hydrogens is 472 g/mol. The summed E-state index contributed by atoms with van der Waals surface area (Å²) in [7, 11) is -1.92. The lowest BCUT2D eigenvalue weighted by Crippen LogP contribution is -2.48. The van der Waals surface area contributed by atoms with Crippen LogP contribution in [0.1, 0.15) is 51.0 Å². The minimum absolute atomic E-state index is 0.0464. The predicted octanol–water partition coefficient (Wildman–Crippen LogP) is 5.62. The molecule has 6 atom stereocenters. The van der Waals surface area contributed by atoms with E-state index < -0.39 is 14.6 Å². The number of hydrogen-bond acceptors (Lipinski definition) is 6. The third-order valence-electron chi connectivity index (χ3n) is 7.78. The smallest absolute Gasteiger partial charge is 0.192 e. The standard InChI is InChI=1S/C29H42O6Si/c1-4-36(5-2,6-3)35-25-19-26(31-20-22-13-9-7-10-14-22)28-27(33-24(25)17-18-30)21-32-29(34-28)23-15-11-8-12-16-23/h7-16,24-30H,4-6,17-21H2,1-3H3/t24-,25+,26+,27+,28-,29+/m0/s1. The fourth-order valence-corrected chi connectivity index (χ4v) is 8.26. The number of fused-ring (bicyclic) bond motifs is 1. The highest BCUT2D eigenvalue weighted by atomic mass is 28.4. The Morgan fingerprint density at radius 1 is 0.889 bits per heavy atom. The molecule has 0 radical (unpaired) electrons. The lowest BCUT2D eigenvalue weighted by Gasteiger charge is -2.39. The SMILES string of the molecule is CC[Si](CC)(CC)O[C@@H]1C[C@@H](OCc2ccccc2)[C@@H]2O[C@H](c3ccccc3)OC[C@H]2O[C@H]1CCO. The molecule has 0 saturated carbocycles. The fraction of sp³-hybridized carbons (Fsp3) is 0.586. The average molecular weight is 515 g/mol. The highest BCUT2D eigenvalue weighted by molar-refractivity contribution is 6.73. The Hall–Kier alpha value is -1.58. The third-order valence-corrected chi connectivity index (χ3v) is 12.4. The molecule has 2 aliphatic heterocycles. The summed E-state index contributed by atoms with van der Waals surface area (Å²) in [6.07, 6.45) is -0.504. The Morgan fingerprint density at radius 2 is 1.56 bits per heavy atom. The Morgan fingerprint density at radius 3 is 2.19 bits per heavy atom. The van der Waals surface area contributed by atoms with E-state index >= 15 is 0 Å². The highest BCUT2D eigenvalue weighted by Gasteiger charge is 2.47. The largest absolute Gasteiger partial charge is 0.411 e. The van der Waals surface area contributed by atoms with E-state index in [0.717, 1.165) is 29.3 Å². The van der Waals surface area contributed by atoms with Gasteiger partial charge in [-0.1, -0.05) is 81.4 Å². The molecule has 0 unspecified atom stereocenters. The van der Waals surface area contributed by atoms with Gasteiger partial charge in [-0.3, -0.25) is 0 Å². The molecule has 198 valence electrons. The van der Waals surface area contributed by atoms with Crippen LogP contribution >= 0.6 is 0 Å². The predicted molar refractivity (Wildman–Crippen MR) is 142 cm³/mol. The second-order valence-electron chi connectivity index (χ2n) is 9.87. The Kier molecular flexibility index (Phi) is 10.1. The van der Waals surface area contributed by atoms with Gasteiger partial charge in [-0.25, -0.2) is 0 Å². The number of benzene rings is 2. The first-order valence-electron chi connectivity index (χ1n) is 13.5. The molecule has 6 nitrogen and oxygen atoms in total. The van der Waals surface area contributed by atoms with Gasteiger partial charge in [0.05, 0.1) is 31.5 Å². The van der Waals surface area contributed by atoms with Gasteiger partial charge in [-0.15, -0.1) is 0 Å². The summed E-state index contributed by atoms with van der Waals surface area (Å²) in [6.45, 7) is 7.66. The zero-order valence-corrected chi connectivity index (χ0v) is 22.9. The van der Waals surface area contributed by atoms with Gasteiger partial charge in [0.15, 0.2) is 14.6 Å². The maximum atomic E-state index is 9.88. The molecule has 2 fully saturated rings. The van der Waals surface area contributed by atoms with Crippen LogP contribution in [0.25, 0.3) is 0 Å². The second kappa shape index (κ2) is 13.3. The molecule has 2 saturated heterocycles. The van der Waals surface area contributed by atoms with Crippen molar-refractivity contribution >= 4 is 8.32 Å². The summed E-state index contributed by atoms with van der Waals surface area (Å²) in [5.74, 6) is 0. The average Bonchev–Trinajstić information content (AvgIpc) is 3.08. The lowest BCUT2D eigenvalue weighted by molar-refractivity contribution is -0.288. The number of hydrogen-bond donors (Lipinski definition) is 1. The minimum atomic E-state index is -1.92. The van der Waals surface area contributed by atoms with Gasteiger partial charge in [-0.2, -0.15) is 0 Å². The first-order chi connectivity index (χ1) is 17.6. The van der Waals surface area contributed by atoms with Crippen molar-refractivity contribution in [2.75, 3.05) is 13.2 Å². The summed E-state index contributed by atoms with van der Waals surface area (Å²) < 4.78 is 32.9. The van der Waals surface area contributed by atoms with Crippen molar-refractivity contribution in [2.24, 2.45) is 0 Å². The molecule has 36 heavy (non-hydrogen) atoms. The molecular formula is C29H42O6Si. The molecule has 0 spiro atoms. The van der Waals surface area contributed by atoms with E-state index in [1.165, 1.54) is 0 Å². The second-order valence-corrected chi connectivity index (χ2v) is 14.6. The lowest BCUT2D eigenvalue weighted by atomic mass is 10.00. The van der Waals surface area contributed by atoms with Crippen LogP contribution in [0.15, 0.2) is 60.7 Å². The summed E-state index contributed by atoms with van der Waals surface area (Å²) in [6, 6.07) is 23.4. The Labute approximate surface area is 217 Å². The van der Waals surface area contributed by atoms with E-state index in [0.29, 0.717) is 26.1 Å². The fourth-order valence-electron chi connectivity index (χ4n) is 5.37. The van der Waals surface area contributed by atoms with E-state index in [9.17, 15) is 5.11 Å². The van der Waals surface area contributed by atoms with Gasteiger partial charge < -0.3 is 28.5 Å². The Bertz CT molecular complexity index is 885. The van der Waals surface area contributed by atoms with Crippen molar-refractivity contribution < 1.29 is 28.5 Å². The van der Waals surface area contributed by atoms with Crippen LogP contribution in [0, 0.1) is 0 Å². The quantitative estimate of drug-likeness (QED) is 0.393. The molecule has 7 heteroatoms. The number of aliphatic hydroxyl groups excluding tert-OH is 1. The topological polar surface area (TPSA) is 66.4 Å². The molecule has 4 rings (SSSR count). The van der Waals surface area contributed by atoms with Crippen LogP contribution in [-0.2, 0) is 30.0 Å². The minimum Gasteiger partial charge on any atom is -0.411 e. The molecule has 2 aliphatic rings. The van der Waals surface area contributed by atoms with E-state index in [1.54, 1.807) is 0 Å². The van der Waals surface area contributed by atoms with E-state index in [1.807, 2.05) is 48.5 Å². The van der Waals surface area contributed by atoms with E-state index in [2.05, 4.69) is 32.9 Å². The van der Waals surface area contributed by atoms with Gasteiger partial charge >= 0.3 is 0 Å². The molecule has 0 amide bonds. The van der Waals surface area contributed by atoms with Crippen LogP contribution in [0.4, 0.5) is 0 Å². The molecule has 0 aromatic heterocycles. The van der Waals surface area contributed by atoms with E-state index in [4.69, 9.17) is 23.4 Å². The zero-order valence-electron chi connectivity index (χ0n) is 21.9. The maximum absolute atomic E-state index is 9.88. The molecule has 2 heterocycles. The van der Waals surface area contributed by atoms with Crippen molar-refractivity contribution in [2.45, 2.75) is 95.2 Å². The first kappa shape index (κ1) is 27.5. The van der Waals surface area contributed by atoms with Gasteiger partial charge in [-0.05, 0) is 30.1 Å². The summed E-state index contributed by atoms with van der Waals surface area (Å²) in [5.41, 5.74) is 2.10. The molecule has 0 bridgehead atoms. The first-order valence-corrected chi connectivity index (χ1v) is 16.1.